The number of hydrogen-bond donors (Lipinski definition) is 1. The van der Waals surface area contributed by atoms with Crippen molar-refractivity contribution < 1.29 is 18.9 Å². The van der Waals surface area contributed by atoms with Crippen LogP contribution in [0, 0.1) is 20.8 Å². The number of carbonyl (C=O) groups is 1. The lowest BCUT2D eigenvalue weighted by Crippen LogP contribution is -2.24. The average Bonchev–Trinajstić information content (AvgIpc) is 2.91. The minimum Gasteiger partial charge on any atom is -0.477 e. The molecule has 0 radical (unpaired) electrons. The molecule has 1 N–H and O–H groups in total. The van der Waals surface area contributed by atoms with Gasteiger partial charge in [-0.05, 0) is 53.3 Å². The van der Waals surface area contributed by atoms with Gasteiger partial charge in [-0.25, -0.2) is 5.43 Å². The molecule has 0 saturated carbocycles. The monoisotopic (exact) mass is 429 g/mol. The molecule has 0 unspecified atom stereocenters. The van der Waals surface area contributed by atoms with E-state index in [0.29, 0.717) is 9.53 Å². The van der Waals surface area contributed by atoms with Crippen LogP contribution in [0.15, 0.2) is 39.9 Å². The van der Waals surface area contributed by atoms with E-state index in [2.05, 4.69) is 10.5 Å². The van der Waals surface area contributed by atoms with Crippen LogP contribution in [0.3, 0.4) is 0 Å². The van der Waals surface area contributed by atoms with Crippen molar-refractivity contribution in [3.8, 4) is 5.75 Å². The first-order valence-corrected chi connectivity index (χ1v) is 7.48. The van der Waals surface area contributed by atoms with Crippen molar-refractivity contribution in [1.82, 2.24) is 5.43 Å². The summed E-state index contributed by atoms with van der Waals surface area (Å²) in [5, 5.41) is 14.6. The largest absolute Gasteiger partial charge is 0.477 e. The summed E-state index contributed by atoms with van der Waals surface area (Å²) in [5.74, 6) is -0.0255. The van der Waals surface area contributed by atoms with Gasteiger partial charge >= 0.3 is 5.69 Å². The second kappa shape index (κ2) is 7.72. The van der Waals surface area contributed by atoms with Crippen molar-refractivity contribution in [1.29, 1.82) is 0 Å². The highest BCUT2D eigenvalue weighted by atomic mass is 127. The zero-order valence-corrected chi connectivity index (χ0v) is 14.1. The summed E-state index contributed by atoms with van der Waals surface area (Å²) >= 11 is 2.01. The Morgan fingerprint density at radius 2 is 2.26 bits per heavy atom. The van der Waals surface area contributed by atoms with E-state index in [1.807, 2.05) is 22.6 Å². The third kappa shape index (κ3) is 5.06. The lowest BCUT2D eigenvalue weighted by Gasteiger charge is -2.06. The Balaban J connectivity index is 1.89. The van der Waals surface area contributed by atoms with Gasteiger partial charge in [0, 0.05) is 6.07 Å². The van der Waals surface area contributed by atoms with Crippen LogP contribution in [0.2, 0.25) is 0 Å². The predicted molar refractivity (Wildman–Crippen MR) is 90.5 cm³/mol. The maximum atomic E-state index is 11.6. The van der Waals surface area contributed by atoms with Crippen LogP contribution in [0.25, 0.3) is 0 Å². The van der Waals surface area contributed by atoms with Crippen LogP contribution in [0.1, 0.15) is 11.3 Å². The highest BCUT2D eigenvalue weighted by Crippen LogP contribution is 2.27. The van der Waals surface area contributed by atoms with E-state index >= 15 is 0 Å². The number of ether oxygens (including phenoxy) is 1. The number of hydrogen-bond acceptors (Lipinski definition) is 6. The molecular formula is C14H12IN3O5. The molecule has 2 aromatic rings. The van der Waals surface area contributed by atoms with Gasteiger partial charge in [0.1, 0.15) is 5.76 Å². The summed E-state index contributed by atoms with van der Waals surface area (Å²) in [6, 6.07) is 7.95. The zero-order chi connectivity index (χ0) is 16.8. The van der Waals surface area contributed by atoms with Gasteiger partial charge < -0.3 is 9.15 Å². The van der Waals surface area contributed by atoms with Gasteiger partial charge in [-0.1, -0.05) is 6.07 Å². The van der Waals surface area contributed by atoms with Crippen molar-refractivity contribution in [3.05, 3.63) is 55.5 Å². The Morgan fingerprint density at radius 3 is 2.91 bits per heavy atom. The van der Waals surface area contributed by atoms with Gasteiger partial charge in [0.25, 0.3) is 5.91 Å². The highest BCUT2D eigenvalue weighted by Gasteiger charge is 2.16. The Kier molecular flexibility index (Phi) is 5.68. The maximum Gasteiger partial charge on any atom is 0.311 e. The molecule has 0 aliphatic heterocycles. The molecule has 1 heterocycles. The van der Waals surface area contributed by atoms with Crippen LogP contribution >= 0.6 is 22.6 Å². The number of nitro benzene ring substituents is 1. The summed E-state index contributed by atoms with van der Waals surface area (Å²) in [5.41, 5.74) is 2.78. The van der Waals surface area contributed by atoms with E-state index in [4.69, 9.17) is 9.15 Å². The highest BCUT2D eigenvalue weighted by molar-refractivity contribution is 14.1. The van der Waals surface area contributed by atoms with Crippen molar-refractivity contribution in [2.24, 2.45) is 5.10 Å². The number of rotatable bonds is 6. The molecule has 9 heteroatoms. The third-order valence-electron chi connectivity index (χ3n) is 2.64. The number of furan rings is 1. The Hall–Kier alpha value is -2.43. The first-order chi connectivity index (χ1) is 11.0. The Morgan fingerprint density at radius 1 is 1.48 bits per heavy atom. The lowest BCUT2D eigenvalue weighted by molar-refractivity contribution is -0.385. The number of nitrogens with one attached hydrogen (secondary N) is 1. The van der Waals surface area contributed by atoms with E-state index in [-0.39, 0.29) is 11.4 Å². The fraction of sp³-hybridized carbons (Fsp3) is 0.143. The third-order valence-corrected chi connectivity index (χ3v) is 3.22. The average molecular weight is 429 g/mol. The fourth-order valence-electron chi connectivity index (χ4n) is 1.63. The van der Waals surface area contributed by atoms with Crippen LogP contribution in [0.4, 0.5) is 5.69 Å². The maximum absolute atomic E-state index is 11.6. The van der Waals surface area contributed by atoms with Gasteiger partial charge in [-0.15, -0.1) is 0 Å². The molecule has 23 heavy (non-hydrogen) atoms. The zero-order valence-electron chi connectivity index (χ0n) is 12.0. The van der Waals surface area contributed by atoms with Crippen LogP contribution in [-0.2, 0) is 4.79 Å². The standard InChI is InChI=1S/C14H12IN3O5/c1-9-2-4-12(11(6-9)18(20)21)22-8-14(19)17-16-7-10-3-5-13(15)23-10/h2-7H,8H2,1H3,(H,17,19)/b16-7+. The summed E-state index contributed by atoms with van der Waals surface area (Å²) in [4.78, 5) is 22.0. The predicted octanol–water partition coefficient (Wildman–Crippen LogP) is 2.63. The van der Waals surface area contributed by atoms with Gasteiger partial charge in [-0.2, -0.15) is 5.10 Å². The molecule has 8 nitrogen and oxygen atoms in total. The van der Waals surface area contributed by atoms with Gasteiger partial charge in [0.2, 0.25) is 0 Å². The fourth-order valence-corrected chi connectivity index (χ4v) is 2.07. The first-order valence-electron chi connectivity index (χ1n) is 6.41. The van der Waals surface area contributed by atoms with Crippen LogP contribution < -0.4 is 10.2 Å². The normalized spacial score (nSPS) is 10.7. The molecule has 120 valence electrons. The number of hydrazone groups is 1. The van der Waals surface area contributed by atoms with E-state index in [9.17, 15) is 14.9 Å². The minimum absolute atomic E-state index is 0.0281. The molecule has 0 aliphatic carbocycles. The molecule has 0 fully saturated rings. The quantitative estimate of drug-likeness (QED) is 0.329. The SMILES string of the molecule is Cc1ccc(OCC(=O)N/N=C/c2ccc(I)o2)c([N+](=O)[O-])c1. The number of halogens is 1. The van der Waals surface area contributed by atoms with E-state index in [0.717, 1.165) is 5.56 Å². The van der Waals surface area contributed by atoms with E-state index in [1.165, 1.54) is 18.3 Å². The van der Waals surface area contributed by atoms with Crippen molar-refractivity contribution in [3.63, 3.8) is 0 Å². The Labute approximate surface area is 144 Å². The molecule has 1 aromatic heterocycles. The first kappa shape index (κ1) is 16.9. The topological polar surface area (TPSA) is 107 Å². The molecule has 0 bridgehead atoms. The number of benzene rings is 1. The number of carbonyl (C=O) groups excluding carboxylic acids is 1. The van der Waals surface area contributed by atoms with Crippen LogP contribution in [-0.4, -0.2) is 23.7 Å². The summed E-state index contributed by atoms with van der Waals surface area (Å²) in [6.07, 6.45) is 1.34. The van der Waals surface area contributed by atoms with E-state index in [1.54, 1.807) is 25.1 Å². The molecule has 2 rings (SSSR count). The smallest absolute Gasteiger partial charge is 0.311 e. The van der Waals surface area contributed by atoms with E-state index < -0.39 is 17.4 Å². The molecule has 0 aliphatic rings. The molecular weight excluding hydrogens is 417 g/mol. The second-order valence-corrected chi connectivity index (χ2v) is 5.52. The molecule has 1 aromatic carbocycles. The molecule has 0 atom stereocenters. The molecule has 1 amide bonds. The number of amides is 1. The molecule has 0 saturated heterocycles. The van der Waals surface area contributed by atoms with Crippen LogP contribution in [0.5, 0.6) is 5.75 Å². The minimum atomic E-state index is -0.559. The van der Waals surface area contributed by atoms with Gasteiger partial charge in [0.05, 0.1) is 11.1 Å². The van der Waals surface area contributed by atoms with Crippen molar-refractivity contribution in [2.45, 2.75) is 6.92 Å². The lowest BCUT2D eigenvalue weighted by atomic mass is 10.2. The van der Waals surface area contributed by atoms with Crippen molar-refractivity contribution >= 4 is 40.4 Å². The Bertz CT molecular complexity index is 757. The van der Waals surface area contributed by atoms with Gasteiger partial charge in [-0.3, -0.25) is 14.9 Å². The number of nitro groups is 1. The summed E-state index contributed by atoms with van der Waals surface area (Å²) < 4.78 is 11.1. The number of nitrogens with zero attached hydrogens (tertiary/aromatic N) is 2. The number of aryl methyl sites for hydroxylation is 1. The second-order valence-electron chi connectivity index (χ2n) is 4.45. The summed E-state index contributed by atoms with van der Waals surface area (Å²) in [7, 11) is 0. The van der Waals surface area contributed by atoms with Gasteiger partial charge in [0.15, 0.2) is 16.1 Å². The molecule has 0 spiro atoms. The van der Waals surface area contributed by atoms with Crippen molar-refractivity contribution in [2.75, 3.05) is 6.61 Å². The summed E-state index contributed by atoms with van der Waals surface area (Å²) in [6.45, 7) is 1.34.